The summed E-state index contributed by atoms with van der Waals surface area (Å²) >= 11 is 0. The van der Waals surface area contributed by atoms with E-state index in [1.54, 1.807) is 0 Å². The van der Waals surface area contributed by atoms with Gasteiger partial charge < -0.3 is 9.80 Å². The molecule has 0 radical (unpaired) electrons. The fourth-order valence-electron chi connectivity index (χ4n) is 11.5. The topological polar surface area (TPSA) is 6.48 Å². The fraction of sp³-hybridized carbons (Fsp3) is 0.0423. The first-order valence-electron chi connectivity index (χ1n) is 25.3. The SMILES string of the molecule is CC1(C)c2ccccc2-c2ccc(N(c3ccccc3)c3ccc(-c4cc(-c5ccccc5)c(-c5ccc(N(c6ccccc6)c6cc7ccccc7c7ccccc67)cc5)cc4-c4ccccc4)cc3)cc21. The Morgan fingerprint density at radius 3 is 1.22 bits per heavy atom. The molecule has 1 aliphatic carbocycles. The highest BCUT2D eigenvalue weighted by Crippen LogP contribution is 2.51. The van der Waals surface area contributed by atoms with E-state index in [-0.39, 0.29) is 5.41 Å². The maximum Gasteiger partial charge on any atom is 0.0546 e. The molecule has 0 fully saturated rings. The van der Waals surface area contributed by atoms with Crippen molar-refractivity contribution in [3.05, 3.63) is 290 Å². The van der Waals surface area contributed by atoms with Crippen molar-refractivity contribution in [2.75, 3.05) is 9.80 Å². The van der Waals surface area contributed by atoms with Gasteiger partial charge in [-0.25, -0.2) is 0 Å². The number of benzene rings is 12. The van der Waals surface area contributed by atoms with Gasteiger partial charge in [0.25, 0.3) is 0 Å². The van der Waals surface area contributed by atoms with E-state index in [0.717, 1.165) is 45.3 Å². The summed E-state index contributed by atoms with van der Waals surface area (Å²) in [5, 5.41) is 4.93. The smallest absolute Gasteiger partial charge is 0.0546 e. The summed E-state index contributed by atoms with van der Waals surface area (Å²) in [5.74, 6) is 0. The number of rotatable bonds is 10. The van der Waals surface area contributed by atoms with E-state index in [9.17, 15) is 0 Å². The molecule has 12 aromatic carbocycles. The van der Waals surface area contributed by atoms with Crippen molar-refractivity contribution in [3.63, 3.8) is 0 Å². The summed E-state index contributed by atoms with van der Waals surface area (Å²) in [4.78, 5) is 4.80. The van der Waals surface area contributed by atoms with Crippen LogP contribution >= 0.6 is 0 Å². The van der Waals surface area contributed by atoms with Gasteiger partial charge in [0.15, 0.2) is 0 Å². The van der Waals surface area contributed by atoms with Crippen LogP contribution < -0.4 is 9.80 Å². The molecule has 0 saturated heterocycles. The number of para-hydroxylation sites is 2. The average molecular weight is 933 g/mol. The van der Waals surface area contributed by atoms with E-state index in [1.807, 2.05) is 0 Å². The molecule has 13 rings (SSSR count). The minimum atomic E-state index is -0.109. The molecule has 0 aliphatic heterocycles. The van der Waals surface area contributed by atoms with Gasteiger partial charge in [0.2, 0.25) is 0 Å². The molecular formula is C71H52N2. The lowest BCUT2D eigenvalue weighted by molar-refractivity contribution is 0.660. The molecule has 73 heavy (non-hydrogen) atoms. The minimum Gasteiger partial charge on any atom is -0.310 e. The molecule has 0 spiro atoms. The maximum absolute atomic E-state index is 2.42. The van der Waals surface area contributed by atoms with E-state index >= 15 is 0 Å². The summed E-state index contributed by atoms with van der Waals surface area (Å²) < 4.78 is 0. The number of anilines is 6. The summed E-state index contributed by atoms with van der Waals surface area (Å²) in [7, 11) is 0. The van der Waals surface area contributed by atoms with Crippen LogP contribution in [0.25, 0.3) is 77.2 Å². The maximum atomic E-state index is 2.42. The Balaban J connectivity index is 0.934. The highest BCUT2D eigenvalue weighted by atomic mass is 15.1. The molecule has 346 valence electrons. The zero-order valence-corrected chi connectivity index (χ0v) is 41.0. The largest absolute Gasteiger partial charge is 0.310 e. The van der Waals surface area contributed by atoms with Crippen LogP contribution in [0.3, 0.4) is 0 Å². The molecule has 1 aliphatic rings. The second kappa shape index (κ2) is 18.2. The molecule has 0 unspecified atom stereocenters. The van der Waals surface area contributed by atoms with Crippen LogP contribution in [-0.2, 0) is 5.41 Å². The summed E-state index contributed by atoms with van der Waals surface area (Å²) in [5.41, 5.74) is 21.3. The molecule has 12 aromatic rings. The Morgan fingerprint density at radius 1 is 0.247 bits per heavy atom. The van der Waals surface area contributed by atoms with Gasteiger partial charge in [-0.05, 0) is 162 Å². The van der Waals surface area contributed by atoms with Gasteiger partial charge in [-0.1, -0.05) is 214 Å². The Hall–Kier alpha value is -9.24. The molecule has 0 heterocycles. The van der Waals surface area contributed by atoms with E-state index in [0.29, 0.717) is 0 Å². The Morgan fingerprint density at radius 2 is 0.644 bits per heavy atom. The quantitative estimate of drug-likeness (QED) is 0.126. The van der Waals surface area contributed by atoms with E-state index in [4.69, 9.17) is 0 Å². The zero-order chi connectivity index (χ0) is 48.9. The second-order valence-corrected chi connectivity index (χ2v) is 19.7. The van der Waals surface area contributed by atoms with Gasteiger partial charge >= 0.3 is 0 Å². The van der Waals surface area contributed by atoms with Crippen LogP contribution in [0.2, 0.25) is 0 Å². The lowest BCUT2D eigenvalue weighted by Gasteiger charge is -2.28. The van der Waals surface area contributed by atoms with Crippen LogP contribution in [0.1, 0.15) is 25.0 Å². The molecule has 2 heteroatoms. The van der Waals surface area contributed by atoms with Gasteiger partial charge in [0, 0.05) is 39.2 Å². The van der Waals surface area contributed by atoms with E-state index in [2.05, 4.69) is 303 Å². The van der Waals surface area contributed by atoms with Gasteiger partial charge in [0.05, 0.1) is 5.69 Å². The summed E-state index contributed by atoms with van der Waals surface area (Å²) in [6.45, 7) is 4.71. The lowest BCUT2D eigenvalue weighted by atomic mass is 9.82. The molecule has 0 bridgehead atoms. The fourth-order valence-corrected chi connectivity index (χ4v) is 11.5. The van der Waals surface area contributed by atoms with Crippen LogP contribution in [0.5, 0.6) is 0 Å². The molecule has 0 amide bonds. The molecule has 0 N–H and O–H groups in total. The summed E-state index contributed by atoms with van der Waals surface area (Å²) in [6, 6.07) is 102. The normalized spacial score (nSPS) is 12.4. The second-order valence-electron chi connectivity index (χ2n) is 19.7. The third kappa shape index (κ3) is 7.76. The van der Waals surface area contributed by atoms with Crippen LogP contribution in [0.4, 0.5) is 34.1 Å². The monoisotopic (exact) mass is 932 g/mol. The number of hydrogen-bond donors (Lipinski definition) is 0. The van der Waals surface area contributed by atoms with E-state index < -0.39 is 0 Å². The molecular weight excluding hydrogens is 881 g/mol. The van der Waals surface area contributed by atoms with Crippen LogP contribution in [0, 0.1) is 0 Å². The van der Waals surface area contributed by atoms with Gasteiger partial charge in [-0.15, -0.1) is 0 Å². The molecule has 0 atom stereocenters. The number of hydrogen-bond acceptors (Lipinski definition) is 2. The third-order valence-electron chi connectivity index (χ3n) is 15.0. The van der Waals surface area contributed by atoms with E-state index in [1.165, 1.54) is 77.2 Å². The van der Waals surface area contributed by atoms with Crippen molar-refractivity contribution in [1.29, 1.82) is 0 Å². The lowest BCUT2D eigenvalue weighted by Crippen LogP contribution is -2.16. The standard InChI is InChI=1S/C71H52N2/c1-71(2)68-34-20-19-32-61(68)62-44-43-58(46-69(62)71)72(54-26-11-5-12-27-54)56-39-35-51(36-40-56)66-47-65(50-23-9-4-10-24-50)67(48-64(66)49-21-7-3-8-22-49)52-37-41-57(42-38-52)73(55-28-13-6-14-29-55)70-45-53-25-15-16-30-59(53)60-31-17-18-33-63(60)70/h3-48H,1-2H3. The Labute approximate surface area is 428 Å². The van der Waals surface area contributed by atoms with Crippen LogP contribution in [-0.4, -0.2) is 0 Å². The highest BCUT2D eigenvalue weighted by molar-refractivity contribution is 6.14. The minimum absolute atomic E-state index is 0.109. The molecule has 2 nitrogen and oxygen atoms in total. The van der Waals surface area contributed by atoms with Crippen LogP contribution in [0.15, 0.2) is 279 Å². The molecule has 0 saturated carbocycles. The predicted molar refractivity (Wildman–Crippen MR) is 310 cm³/mol. The molecule has 0 aromatic heterocycles. The number of fused-ring (bicyclic) bond motifs is 6. The number of nitrogens with zero attached hydrogens (tertiary/aromatic N) is 2. The first kappa shape index (κ1) is 43.8. The summed E-state index contributed by atoms with van der Waals surface area (Å²) in [6.07, 6.45) is 0. The average Bonchev–Trinajstić information content (AvgIpc) is 3.69. The van der Waals surface area contributed by atoms with Crippen molar-refractivity contribution < 1.29 is 0 Å². The third-order valence-corrected chi connectivity index (χ3v) is 15.0. The first-order chi connectivity index (χ1) is 36.0. The Kier molecular flexibility index (Phi) is 10.9. The van der Waals surface area contributed by atoms with Crippen molar-refractivity contribution in [1.82, 2.24) is 0 Å². The Bertz CT molecular complexity index is 3960. The van der Waals surface area contributed by atoms with Gasteiger partial charge in [0.1, 0.15) is 0 Å². The predicted octanol–water partition coefficient (Wildman–Crippen LogP) is 19.9. The van der Waals surface area contributed by atoms with Crippen molar-refractivity contribution in [2.24, 2.45) is 0 Å². The zero-order valence-electron chi connectivity index (χ0n) is 41.0. The highest BCUT2D eigenvalue weighted by Gasteiger charge is 2.36. The van der Waals surface area contributed by atoms with Crippen molar-refractivity contribution in [3.8, 4) is 55.6 Å². The van der Waals surface area contributed by atoms with Gasteiger partial charge in [-0.3, -0.25) is 0 Å². The van der Waals surface area contributed by atoms with Crippen molar-refractivity contribution >= 4 is 55.7 Å². The van der Waals surface area contributed by atoms with Gasteiger partial charge in [-0.2, -0.15) is 0 Å². The first-order valence-corrected chi connectivity index (χ1v) is 25.3. The van der Waals surface area contributed by atoms with Crippen molar-refractivity contribution in [2.45, 2.75) is 19.3 Å².